The molecule has 0 N–H and O–H groups in total. The molecule has 2 heterocycles. The second-order valence-electron chi connectivity index (χ2n) is 3.71. The number of anilines is 1. The molecule has 0 radical (unpaired) electrons. The van der Waals surface area contributed by atoms with Crippen LogP contribution in [0.3, 0.4) is 0 Å². The summed E-state index contributed by atoms with van der Waals surface area (Å²) in [5, 5.41) is 0. The third kappa shape index (κ3) is 1.60. The summed E-state index contributed by atoms with van der Waals surface area (Å²) in [4.78, 5) is 15.0. The topological polar surface area (TPSA) is 45.8 Å². The highest BCUT2D eigenvalue weighted by Crippen LogP contribution is 2.12. The van der Waals surface area contributed by atoms with E-state index in [2.05, 4.69) is 15.0 Å². The van der Waals surface area contributed by atoms with Crippen LogP contribution in [0.2, 0.25) is 0 Å². The number of aryl methyl sites for hydroxylation is 2. The normalized spacial score (nSPS) is 10.7. The van der Waals surface area contributed by atoms with E-state index >= 15 is 0 Å². The lowest BCUT2D eigenvalue weighted by molar-refractivity contribution is -0.647. The van der Waals surface area contributed by atoms with Crippen molar-refractivity contribution < 1.29 is 4.57 Å². The van der Waals surface area contributed by atoms with Gasteiger partial charge in [-0.3, -0.25) is 0 Å². The van der Waals surface area contributed by atoms with Crippen molar-refractivity contribution >= 4 is 17.1 Å². The van der Waals surface area contributed by atoms with Gasteiger partial charge >= 0.3 is 11.6 Å². The molecule has 0 aliphatic heterocycles. The van der Waals surface area contributed by atoms with Gasteiger partial charge in [0, 0.05) is 19.1 Å². The van der Waals surface area contributed by atoms with Crippen LogP contribution in [0.5, 0.6) is 0 Å². The highest BCUT2D eigenvalue weighted by Gasteiger charge is 2.16. The number of fused-ring (bicyclic) bond motifs is 1. The predicted octanol–water partition coefficient (Wildman–Crippen LogP) is 0.224. The van der Waals surface area contributed by atoms with Crippen LogP contribution in [0, 0.1) is 6.92 Å². The summed E-state index contributed by atoms with van der Waals surface area (Å²) >= 11 is 0. The van der Waals surface area contributed by atoms with Gasteiger partial charge in [0.1, 0.15) is 6.20 Å². The molecule has 0 bridgehead atoms. The molecule has 5 nitrogen and oxygen atoms in total. The first kappa shape index (κ1) is 9.76. The minimum atomic E-state index is 0.712. The zero-order valence-electron chi connectivity index (χ0n) is 9.39. The Balaban J connectivity index is 2.80. The van der Waals surface area contributed by atoms with E-state index in [0.717, 1.165) is 16.9 Å². The highest BCUT2D eigenvalue weighted by molar-refractivity contribution is 5.70. The minimum absolute atomic E-state index is 0.712. The van der Waals surface area contributed by atoms with Gasteiger partial charge < -0.3 is 4.90 Å². The molecule has 2 rings (SSSR count). The third-order valence-corrected chi connectivity index (χ3v) is 2.26. The maximum atomic E-state index is 4.45. The van der Waals surface area contributed by atoms with Crippen LogP contribution in [-0.4, -0.2) is 29.0 Å². The number of hydrogen-bond donors (Lipinski definition) is 0. The molecule has 0 aliphatic carbocycles. The standard InChI is InChI=1S/C10H14N5/c1-7-8-9(15(4)6-5-11-8)13-10(12-7)14(2)3/h5-6H,1-4H3/q+1. The molecule has 5 heteroatoms. The molecular weight excluding hydrogens is 190 g/mol. The van der Waals surface area contributed by atoms with Crippen LogP contribution in [0.4, 0.5) is 5.95 Å². The molecule has 0 saturated carbocycles. The summed E-state index contributed by atoms with van der Waals surface area (Å²) in [5.74, 6) is 0.712. The zero-order chi connectivity index (χ0) is 11.0. The van der Waals surface area contributed by atoms with E-state index in [0.29, 0.717) is 5.95 Å². The van der Waals surface area contributed by atoms with Crippen molar-refractivity contribution in [2.75, 3.05) is 19.0 Å². The average molecular weight is 204 g/mol. The summed E-state index contributed by atoms with van der Waals surface area (Å²) in [7, 11) is 5.81. The Kier molecular flexibility index (Phi) is 2.22. The number of aromatic nitrogens is 4. The number of nitrogens with zero attached hydrogens (tertiary/aromatic N) is 5. The summed E-state index contributed by atoms with van der Waals surface area (Å²) in [6, 6.07) is 0. The van der Waals surface area contributed by atoms with E-state index < -0.39 is 0 Å². The molecule has 78 valence electrons. The molecule has 2 aromatic rings. The van der Waals surface area contributed by atoms with Crippen LogP contribution in [-0.2, 0) is 7.05 Å². The first-order chi connectivity index (χ1) is 7.09. The van der Waals surface area contributed by atoms with Crippen molar-refractivity contribution in [2.45, 2.75) is 6.92 Å². The summed E-state index contributed by atoms with van der Waals surface area (Å²) in [5.41, 5.74) is 2.61. The Morgan fingerprint density at radius 3 is 2.67 bits per heavy atom. The number of hydrogen-bond acceptors (Lipinski definition) is 4. The van der Waals surface area contributed by atoms with Gasteiger partial charge in [0.15, 0.2) is 5.52 Å². The Morgan fingerprint density at radius 2 is 2.00 bits per heavy atom. The fraction of sp³-hybridized carbons (Fsp3) is 0.400. The molecule has 0 saturated heterocycles. The van der Waals surface area contributed by atoms with E-state index in [1.807, 2.05) is 43.7 Å². The van der Waals surface area contributed by atoms with Crippen molar-refractivity contribution in [2.24, 2.45) is 7.05 Å². The predicted molar refractivity (Wildman–Crippen MR) is 57.6 cm³/mol. The molecule has 0 aliphatic rings. The summed E-state index contributed by atoms with van der Waals surface area (Å²) in [6.45, 7) is 1.95. The second kappa shape index (κ2) is 3.42. The van der Waals surface area contributed by atoms with Crippen molar-refractivity contribution in [3.05, 3.63) is 18.1 Å². The fourth-order valence-corrected chi connectivity index (χ4v) is 1.41. The van der Waals surface area contributed by atoms with Gasteiger partial charge in [-0.1, -0.05) is 0 Å². The molecule has 0 atom stereocenters. The van der Waals surface area contributed by atoms with Crippen molar-refractivity contribution in [3.63, 3.8) is 0 Å². The van der Waals surface area contributed by atoms with Gasteiger partial charge in [-0.05, 0) is 6.92 Å². The van der Waals surface area contributed by atoms with E-state index in [4.69, 9.17) is 0 Å². The Bertz CT molecular complexity index is 506. The highest BCUT2D eigenvalue weighted by atomic mass is 15.2. The van der Waals surface area contributed by atoms with Crippen LogP contribution in [0.15, 0.2) is 12.4 Å². The van der Waals surface area contributed by atoms with Gasteiger partial charge in [0.05, 0.1) is 18.9 Å². The van der Waals surface area contributed by atoms with Gasteiger partial charge in [-0.25, -0.2) is 9.55 Å². The largest absolute Gasteiger partial charge is 0.355 e. The van der Waals surface area contributed by atoms with E-state index in [1.54, 1.807) is 6.20 Å². The quantitative estimate of drug-likeness (QED) is 0.624. The summed E-state index contributed by atoms with van der Waals surface area (Å²) < 4.78 is 1.95. The SMILES string of the molecule is Cc1nc(N(C)C)nc2c1ncc[n+]2C. The van der Waals surface area contributed by atoms with Crippen LogP contribution >= 0.6 is 0 Å². The molecular formula is C10H14N5+. The van der Waals surface area contributed by atoms with Crippen LogP contribution in [0.1, 0.15) is 5.69 Å². The summed E-state index contributed by atoms with van der Waals surface area (Å²) in [6.07, 6.45) is 3.64. The molecule has 0 spiro atoms. The lowest BCUT2D eigenvalue weighted by atomic mass is 10.4. The van der Waals surface area contributed by atoms with Crippen molar-refractivity contribution in [1.29, 1.82) is 0 Å². The van der Waals surface area contributed by atoms with E-state index in [-0.39, 0.29) is 0 Å². The molecule has 0 amide bonds. The van der Waals surface area contributed by atoms with Crippen LogP contribution < -0.4 is 9.47 Å². The monoisotopic (exact) mass is 204 g/mol. The maximum absolute atomic E-state index is 4.45. The smallest absolute Gasteiger partial charge is 0.326 e. The van der Waals surface area contributed by atoms with Crippen molar-refractivity contribution in [1.82, 2.24) is 15.0 Å². The van der Waals surface area contributed by atoms with Gasteiger partial charge in [0.2, 0.25) is 0 Å². The lowest BCUT2D eigenvalue weighted by Gasteiger charge is -2.06. The van der Waals surface area contributed by atoms with Gasteiger partial charge in [-0.2, -0.15) is 4.98 Å². The molecule has 0 unspecified atom stereocenters. The Labute approximate surface area is 88.4 Å². The first-order valence-corrected chi connectivity index (χ1v) is 4.76. The maximum Gasteiger partial charge on any atom is 0.355 e. The number of rotatable bonds is 1. The van der Waals surface area contributed by atoms with Crippen molar-refractivity contribution in [3.8, 4) is 0 Å². The molecule has 0 aromatic carbocycles. The molecule has 15 heavy (non-hydrogen) atoms. The van der Waals surface area contributed by atoms with Gasteiger partial charge in [0.25, 0.3) is 0 Å². The average Bonchev–Trinajstić information content (AvgIpc) is 2.19. The van der Waals surface area contributed by atoms with Gasteiger partial charge in [-0.15, -0.1) is 0 Å². The Hall–Kier alpha value is -1.78. The second-order valence-corrected chi connectivity index (χ2v) is 3.71. The molecule has 2 aromatic heterocycles. The molecule has 0 fully saturated rings. The van der Waals surface area contributed by atoms with E-state index in [9.17, 15) is 0 Å². The Morgan fingerprint density at radius 1 is 1.27 bits per heavy atom. The van der Waals surface area contributed by atoms with Crippen LogP contribution in [0.25, 0.3) is 11.2 Å². The van der Waals surface area contributed by atoms with E-state index in [1.165, 1.54) is 0 Å². The zero-order valence-corrected chi connectivity index (χ0v) is 9.39. The minimum Gasteiger partial charge on any atom is -0.326 e. The fourth-order valence-electron chi connectivity index (χ4n) is 1.41. The first-order valence-electron chi connectivity index (χ1n) is 4.76. The third-order valence-electron chi connectivity index (χ3n) is 2.26. The lowest BCUT2D eigenvalue weighted by Crippen LogP contribution is -2.30.